The maximum absolute atomic E-state index is 12.1. The van der Waals surface area contributed by atoms with E-state index in [1.165, 1.54) is 6.07 Å². The summed E-state index contributed by atoms with van der Waals surface area (Å²) in [5.74, 6) is -1.46. The van der Waals surface area contributed by atoms with Crippen molar-refractivity contribution in [3.8, 4) is 11.5 Å². The van der Waals surface area contributed by atoms with E-state index >= 15 is 0 Å². The van der Waals surface area contributed by atoms with Gasteiger partial charge in [-0.2, -0.15) is 0 Å². The molecule has 1 unspecified atom stereocenters. The fraction of sp³-hybridized carbons (Fsp3) is 0.161. The normalized spacial score (nSPS) is 18.7. The predicted octanol–water partition coefficient (Wildman–Crippen LogP) is 5.41. The van der Waals surface area contributed by atoms with E-state index in [9.17, 15) is 24.9 Å². The van der Waals surface area contributed by atoms with Crippen LogP contribution in [0.3, 0.4) is 0 Å². The summed E-state index contributed by atoms with van der Waals surface area (Å²) in [6.07, 6.45) is 3.96. The maximum atomic E-state index is 12.1. The van der Waals surface area contributed by atoms with E-state index in [2.05, 4.69) is 4.90 Å². The van der Waals surface area contributed by atoms with Crippen molar-refractivity contribution in [2.24, 2.45) is 0 Å². The molecule has 2 aliphatic heterocycles. The number of nitrogens with zero attached hydrogens (tertiary/aromatic N) is 1. The first-order valence-corrected chi connectivity index (χ1v) is 12.2. The van der Waals surface area contributed by atoms with Crippen molar-refractivity contribution in [1.29, 1.82) is 0 Å². The molecule has 0 radical (unpaired) electrons. The first-order chi connectivity index (χ1) is 18.1. The molecule has 0 amide bonds. The molecule has 0 bridgehead atoms. The Morgan fingerprint density at radius 1 is 0.895 bits per heavy atom. The number of carboxylic acid groups (broad SMARTS) is 2. The van der Waals surface area contributed by atoms with Gasteiger partial charge < -0.3 is 25.0 Å². The lowest BCUT2D eigenvalue weighted by molar-refractivity contribution is -0.268. The van der Waals surface area contributed by atoms with Gasteiger partial charge in [0.2, 0.25) is 5.72 Å². The van der Waals surface area contributed by atoms with Crippen molar-refractivity contribution < 1.29 is 29.6 Å². The summed E-state index contributed by atoms with van der Waals surface area (Å²) in [5, 5.41) is 32.8. The number of anilines is 1. The van der Waals surface area contributed by atoms with Crippen LogP contribution in [0.2, 0.25) is 0 Å². The molecule has 4 aromatic carbocycles. The molecule has 0 aromatic heterocycles. The minimum Gasteiger partial charge on any atom is -0.872 e. The summed E-state index contributed by atoms with van der Waals surface area (Å²) in [5.41, 5.74) is 2.03. The lowest BCUT2D eigenvalue weighted by Gasteiger charge is -2.47. The monoisotopic (exact) mass is 506 g/mol. The molecule has 1 atom stereocenters. The Labute approximate surface area is 218 Å². The molecule has 0 fully saturated rings. The van der Waals surface area contributed by atoms with Crippen molar-refractivity contribution >= 4 is 34.5 Å². The highest BCUT2D eigenvalue weighted by molar-refractivity contribution is 5.95. The van der Waals surface area contributed by atoms with E-state index in [-0.39, 0.29) is 16.9 Å². The molecule has 0 aliphatic carbocycles. The van der Waals surface area contributed by atoms with Gasteiger partial charge >= 0.3 is 11.9 Å². The fourth-order valence-electron chi connectivity index (χ4n) is 5.69. The third-order valence-electron chi connectivity index (χ3n) is 7.78. The van der Waals surface area contributed by atoms with Crippen LogP contribution in [-0.2, 0) is 12.0 Å². The van der Waals surface area contributed by atoms with E-state index in [4.69, 9.17) is 4.74 Å². The first-order valence-electron chi connectivity index (χ1n) is 12.2. The molecule has 190 valence electrons. The van der Waals surface area contributed by atoms with Crippen LogP contribution in [0.5, 0.6) is 11.5 Å². The molecular weight excluding hydrogens is 482 g/mol. The van der Waals surface area contributed by atoms with Gasteiger partial charge in [0.15, 0.2) is 0 Å². The van der Waals surface area contributed by atoms with Crippen LogP contribution in [0.25, 0.3) is 16.8 Å². The average Bonchev–Trinajstić information content (AvgIpc) is 3.06. The second kappa shape index (κ2) is 8.11. The zero-order chi connectivity index (χ0) is 26.8. The van der Waals surface area contributed by atoms with E-state index in [1.807, 2.05) is 38.1 Å². The molecule has 0 saturated heterocycles. The van der Waals surface area contributed by atoms with Gasteiger partial charge in [-0.25, -0.2) is 9.59 Å². The predicted molar refractivity (Wildman–Crippen MR) is 142 cm³/mol. The van der Waals surface area contributed by atoms with Gasteiger partial charge in [0.05, 0.1) is 16.5 Å². The zero-order valence-electron chi connectivity index (χ0n) is 20.8. The number of hydrogen-bond donors (Lipinski definition) is 2. The maximum Gasteiger partial charge on any atom is 0.335 e. The number of aromatic carboxylic acids is 2. The number of benzene rings is 4. The molecule has 2 N–H and O–H groups in total. The summed E-state index contributed by atoms with van der Waals surface area (Å²) in [6.45, 7) is 4.44. The minimum atomic E-state index is -1.02. The van der Waals surface area contributed by atoms with E-state index in [0.29, 0.717) is 12.3 Å². The van der Waals surface area contributed by atoms with Gasteiger partial charge in [-0.1, -0.05) is 36.4 Å². The molecular formula is C31H24NO6-. The third-order valence-corrected chi connectivity index (χ3v) is 7.78. The third kappa shape index (κ3) is 3.35. The Hall–Kier alpha value is -4.78. The van der Waals surface area contributed by atoms with Gasteiger partial charge in [0.25, 0.3) is 0 Å². The lowest BCUT2D eigenvalue weighted by Crippen LogP contribution is -2.59. The van der Waals surface area contributed by atoms with Crippen LogP contribution in [0.15, 0.2) is 78.9 Å². The largest absolute Gasteiger partial charge is 0.872 e. The topological polar surface area (TPSA) is 110 Å². The number of hydrogen-bond acceptors (Lipinski definition) is 5. The van der Waals surface area contributed by atoms with Crippen molar-refractivity contribution in [2.45, 2.75) is 31.5 Å². The Morgan fingerprint density at radius 2 is 1.58 bits per heavy atom. The van der Waals surface area contributed by atoms with Crippen LogP contribution in [0.4, 0.5) is 5.69 Å². The van der Waals surface area contributed by atoms with Crippen molar-refractivity contribution in [3.63, 3.8) is 0 Å². The number of carboxylic acids is 2. The summed E-state index contributed by atoms with van der Waals surface area (Å²) >= 11 is 0. The van der Waals surface area contributed by atoms with Gasteiger partial charge in [-0.15, -0.1) is 5.75 Å². The van der Waals surface area contributed by atoms with Crippen LogP contribution in [0.1, 0.15) is 51.3 Å². The Morgan fingerprint density at radius 3 is 2.29 bits per heavy atom. The summed E-state index contributed by atoms with van der Waals surface area (Å²) in [7, 11) is 0. The zero-order valence-corrected chi connectivity index (χ0v) is 20.8. The average molecular weight is 507 g/mol. The number of carbonyl (C=O) groups is 2. The van der Waals surface area contributed by atoms with E-state index in [1.54, 1.807) is 54.6 Å². The Balaban J connectivity index is 1.52. The quantitative estimate of drug-likeness (QED) is 0.381. The molecule has 0 saturated carbocycles. The van der Waals surface area contributed by atoms with Crippen LogP contribution < -0.4 is 14.7 Å². The highest BCUT2D eigenvalue weighted by atomic mass is 16.5. The van der Waals surface area contributed by atoms with Gasteiger partial charge in [-0.05, 0) is 84.3 Å². The first kappa shape index (κ1) is 23.6. The summed E-state index contributed by atoms with van der Waals surface area (Å²) < 4.78 is 6.87. The minimum absolute atomic E-state index is 0.0826. The second-order valence-corrected chi connectivity index (χ2v) is 10.2. The standard InChI is InChI=1S/C31H25NO6/c1-30(2)25-15-21(29(36)37)8-11-26(25)32(17-18-3-5-20(6-4-18)28(34)35)31(30)14-13-23-24-16-22(33)10-7-19(24)9-12-27(23)38-31/h3-16,33H,17H2,1-2H3,(H,34,35)(H,36,37)/p-1. The van der Waals surface area contributed by atoms with E-state index < -0.39 is 23.1 Å². The molecule has 2 aliphatic rings. The van der Waals surface area contributed by atoms with Gasteiger partial charge in [0, 0.05) is 17.8 Å². The highest BCUT2D eigenvalue weighted by Gasteiger charge is 2.59. The summed E-state index contributed by atoms with van der Waals surface area (Å²) in [4.78, 5) is 25.3. The molecule has 38 heavy (non-hydrogen) atoms. The van der Waals surface area contributed by atoms with Crippen molar-refractivity contribution in [1.82, 2.24) is 0 Å². The van der Waals surface area contributed by atoms with Crippen LogP contribution in [0, 0.1) is 0 Å². The molecule has 1 spiro atoms. The lowest BCUT2D eigenvalue weighted by atomic mass is 9.75. The summed E-state index contributed by atoms with van der Waals surface area (Å²) in [6, 6.07) is 20.5. The van der Waals surface area contributed by atoms with E-state index in [0.717, 1.165) is 33.2 Å². The fourth-order valence-corrected chi connectivity index (χ4v) is 5.69. The van der Waals surface area contributed by atoms with Crippen molar-refractivity contribution in [3.05, 3.63) is 107 Å². The van der Waals surface area contributed by atoms with Crippen LogP contribution >= 0.6 is 0 Å². The second-order valence-electron chi connectivity index (χ2n) is 10.2. The highest BCUT2D eigenvalue weighted by Crippen LogP contribution is 2.56. The number of rotatable bonds is 4. The number of fused-ring (bicyclic) bond motifs is 4. The number of ether oxygens (including phenoxy) is 1. The van der Waals surface area contributed by atoms with Gasteiger partial charge in [-0.3, -0.25) is 0 Å². The molecule has 6 rings (SSSR count). The SMILES string of the molecule is CC1(C)c2cc(C(=O)O)ccc2N(Cc2ccc(C(=O)O)cc2)C12C=Cc1c(ccc3ccc([O-])cc13)O2. The molecule has 2 heterocycles. The smallest absolute Gasteiger partial charge is 0.335 e. The van der Waals surface area contributed by atoms with Gasteiger partial charge in [0.1, 0.15) is 5.75 Å². The molecule has 7 heteroatoms. The Bertz CT molecular complexity index is 1670. The molecule has 7 nitrogen and oxygen atoms in total. The Kier molecular flexibility index (Phi) is 5.04. The van der Waals surface area contributed by atoms with Crippen molar-refractivity contribution in [2.75, 3.05) is 4.90 Å². The van der Waals surface area contributed by atoms with Crippen LogP contribution in [-0.4, -0.2) is 27.9 Å². The molecule has 4 aromatic rings.